The molecule has 0 nitrogen and oxygen atoms in total. The van der Waals surface area contributed by atoms with Gasteiger partial charge < -0.3 is 0 Å². The van der Waals surface area contributed by atoms with Gasteiger partial charge in [-0.25, -0.2) is 0 Å². The predicted molar refractivity (Wildman–Crippen MR) is 51.9 cm³/mol. The van der Waals surface area contributed by atoms with Crippen LogP contribution in [0.1, 0.15) is 28.7 Å². The van der Waals surface area contributed by atoms with Gasteiger partial charge in [-0.2, -0.15) is 0 Å². The molecule has 0 heteroatoms. The molecule has 2 rings (SSSR count). The smallest absolute Gasteiger partial charge is 0.0216 e. The van der Waals surface area contributed by atoms with Crippen LogP contribution < -0.4 is 0 Å². The summed E-state index contributed by atoms with van der Waals surface area (Å²) in [6.45, 7) is 4.35. The first-order chi connectivity index (χ1) is 5.77. The van der Waals surface area contributed by atoms with E-state index in [2.05, 4.69) is 38.1 Å². The molecule has 12 heavy (non-hydrogen) atoms. The lowest BCUT2D eigenvalue weighted by Gasteiger charge is -2.13. The quantitative estimate of drug-likeness (QED) is 0.543. The monoisotopic (exact) mass is 157 g/mol. The maximum absolute atomic E-state index is 3.27. The van der Waals surface area contributed by atoms with Crippen molar-refractivity contribution in [2.24, 2.45) is 0 Å². The Hall–Kier alpha value is -1.04. The molecular formula is C12H13. The van der Waals surface area contributed by atoms with Crippen molar-refractivity contribution in [3.8, 4) is 0 Å². The summed E-state index contributed by atoms with van der Waals surface area (Å²) in [7, 11) is 0. The van der Waals surface area contributed by atoms with Crippen molar-refractivity contribution in [2.45, 2.75) is 26.7 Å². The second-order valence-electron chi connectivity index (χ2n) is 3.50. The summed E-state index contributed by atoms with van der Waals surface area (Å²) in [4.78, 5) is 0. The van der Waals surface area contributed by atoms with Crippen molar-refractivity contribution in [3.05, 3.63) is 40.5 Å². The summed E-state index contributed by atoms with van der Waals surface area (Å²) in [5.41, 5.74) is 5.67. The molecule has 1 aromatic carbocycles. The fourth-order valence-electron chi connectivity index (χ4n) is 1.88. The van der Waals surface area contributed by atoms with Crippen LogP contribution in [-0.2, 0) is 6.42 Å². The topological polar surface area (TPSA) is 0 Å². The number of benzene rings is 1. The van der Waals surface area contributed by atoms with Gasteiger partial charge in [0.25, 0.3) is 0 Å². The third-order valence-electron chi connectivity index (χ3n) is 2.43. The van der Waals surface area contributed by atoms with E-state index in [9.17, 15) is 0 Å². The number of aryl methyl sites for hydroxylation is 2. The molecule has 1 aliphatic rings. The van der Waals surface area contributed by atoms with E-state index >= 15 is 0 Å². The van der Waals surface area contributed by atoms with Gasteiger partial charge in [0.2, 0.25) is 0 Å². The van der Waals surface area contributed by atoms with E-state index in [1.54, 1.807) is 0 Å². The molecule has 0 saturated heterocycles. The molecule has 1 aromatic rings. The van der Waals surface area contributed by atoms with Crippen molar-refractivity contribution in [3.63, 3.8) is 0 Å². The molecule has 0 unspecified atom stereocenters. The van der Waals surface area contributed by atoms with Gasteiger partial charge in [-0.1, -0.05) is 23.8 Å². The maximum atomic E-state index is 3.27. The Kier molecular flexibility index (Phi) is 1.76. The minimum absolute atomic E-state index is 1.08. The summed E-state index contributed by atoms with van der Waals surface area (Å²) in [5, 5.41) is 0. The van der Waals surface area contributed by atoms with Gasteiger partial charge in [0.15, 0.2) is 0 Å². The lowest BCUT2D eigenvalue weighted by molar-refractivity contribution is 0.950. The van der Waals surface area contributed by atoms with Gasteiger partial charge in [0.1, 0.15) is 0 Å². The van der Waals surface area contributed by atoms with E-state index in [4.69, 9.17) is 0 Å². The Bertz CT molecular complexity index is 332. The van der Waals surface area contributed by atoms with E-state index in [-0.39, 0.29) is 0 Å². The molecule has 0 saturated carbocycles. The zero-order valence-electron chi connectivity index (χ0n) is 7.65. The van der Waals surface area contributed by atoms with Crippen LogP contribution in [-0.4, -0.2) is 0 Å². The van der Waals surface area contributed by atoms with Crippen LogP contribution >= 0.6 is 0 Å². The largest absolute Gasteiger partial charge is 0.0561 e. The minimum atomic E-state index is 1.08. The standard InChI is InChI=1S/C12H13/c1-9-7-10(2)12-6-4-3-5-11(12)8-9/h5,7-8H,4,6H2,1-2H3. The van der Waals surface area contributed by atoms with Crippen molar-refractivity contribution in [2.75, 3.05) is 0 Å². The van der Waals surface area contributed by atoms with Crippen LogP contribution in [0.5, 0.6) is 0 Å². The summed E-state index contributed by atoms with van der Waals surface area (Å²) in [6, 6.07) is 4.51. The van der Waals surface area contributed by atoms with Gasteiger partial charge in [-0.15, -0.1) is 0 Å². The molecular weight excluding hydrogens is 144 g/mol. The Labute approximate surface area is 73.9 Å². The van der Waals surface area contributed by atoms with Gasteiger partial charge in [-0.05, 0) is 49.5 Å². The van der Waals surface area contributed by atoms with Crippen molar-refractivity contribution in [1.82, 2.24) is 0 Å². The average Bonchev–Trinajstić information content (AvgIpc) is 2.04. The number of hydrogen-bond acceptors (Lipinski definition) is 0. The Morgan fingerprint density at radius 3 is 2.92 bits per heavy atom. The molecule has 1 aliphatic carbocycles. The lowest BCUT2D eigenvalue weighted by atomic mass is 9.92. The molecule has 61 valence electrons. The average molecular weight is 157 g/mol. The summed E-state index contributed by atoms with van der Waals surface area (Å²) >= 11 is 0. The molecule has 0 bridgehead atoms. The van der Waals surface area contributed by atoms with Crippen LogP contribution in [0.4, 0.5) is 0 Å². The number of fused-ring (bicyclic) bond motifs is 1. The highest BCUT2D eigenvalue weighted by atomic mass is 14.1. The zero-order valence-corrected chi connectivity index (χ0v) is 7.65. The molecule has 0 aromatic heterocycles. The SMILES string of the molecule is Cc1cc(C)c2c(c1)C=[C]CC2. The minimum Gasteiger partial charge on any atom is -0.0561 e. The zero-order chi connectivity index (χ0) is 8.55. The van der Waals surface area contributed by atoms with Gasteiger partial charge >= 0.3 is 0 Å². The van der Waals surface area contributed by atoms with E-state index in [1.165, 1.54) is 22.3 Å². The number of allylic oxidation sites excluding steroid dienone is 1. The second-order valence-corrected chi connectivity index (χ2v) is 3.50. The van der Waals surface area contributed by atoms with Crippen molar-refractivity contribution < 1.29 is 0 Å². The highest BCUT2D eigenvalue weighted by molar-refractivity contribution is 5.58. The molecule has 0 spiro atoms. The molecule has 1 radical (unpaired) electrons. The first-order valence-electron chi connectivity index (χ1n) is 4.44. The Morgan fingerprint density at radius 2 is 2.08 bits per heavy atom. The summed E-state index contributed by atoms with van der Waals surface area (Å²) < 4.78 is 0. The molecule has 0 fully saturated rings. The van der Waals surface area contributed by atoms with Gasteiger partial charge in [-0.3, -0.25) is 0 Å². The molecule has 0 atom stereocenters. The van der Waals surface area contributed by atoms with Crippen LogP contribution in [0.3, 0.4) is 0 Å². The Morgan fingerprint density at radius 1 is 1.25 bits per heavy atom. The fraction of sp³-hybridized carbons (Fsp3) is 0.333. The molecule has 0 heterocycles. The summed E-state index contributed by atoms with van der Waals surface area (Å²) in [6.07, 6.45) is 7.64. The van der Waals surface area contributed by atoms with E-state index in [0.717, 1.165) is 12.8 Å². The maximum Gasteiger partial charge on any atom is -0.0216 e. The third-order valence-corrected chi connectivity index (χ3v) is 2.43. The van der Waals surface area contributed by atoms with Crippen LogP contribution in [0, 0.1) is 19.9 Å². The van der Waals surface area contributed by atoms with E-state index < -0.39 is 0 Å². The van der Waals surface area contributed by atoms with E-state index in [1.807, 2.05) is 0 Å². The van der Waals surface area contributed by atoms with Gasteiger partial charge in [0, 0.05) is 0 Å². The Balaban J connectivity index is 2.62. The second kappa shape index (κ2) is 2.78. The molecule has 0 amide bonds. The van der Waals surface area contributed by atoms with Crippen LogP contribution in [0.2, 0.25) is 0 Å². The van der Waals surface area contributed by atoms with E-state index in [0.29, 0.717) is 0 Å². The third kappa shape index (κ3) is 1.18. The number of rotatable bonds is 0. The predicted octanol–water partition coefficient (Wildman–Crippen LogP) is 3.07. The van der Waals surface area contributed by atoms with Crippen molar-refractivity contribution >= 4 is 6.08 Å². The van der Waals surface area contributed by atoms with Crippen LogP contribution in [0.15, 0.2) is 12.1 Å². The fourth-order valence-corrected chi connectivity index (χ4v) is 1.88. The number of hydrogen-bond donors (Lipinski definition) is 0. The molecule has 0 N–H and O–H groups in total. The first kappa shape index (κ1) is 7.60. The summed E-state index contributed by atoms with van der Waals surface area (Å²) in [5.74, 6) is 0. The van der Waals surface area contributed by atoms with Gasteiger partial charge in [0.05, 0.1) is 0 Å². The lowest BCUT2D eigenvalue weighted by Crippen LogP contribution is -1.98. The molecule has 0 aliphatic heterocycles. The highest BCUT2D eigenvalue weighted by Gasteiger charge is 2.07. The van der Waals surface area contributed by atoms with Crippen LogP contribution in [0.25, 0.3) is 6.08 Å². The van der Waals surface area contributed by atoms with Crippen molar-refractivity contribution in [1.29, 1.82) is 0 Å². The highest BCUT2D eigenvalue weighted by Crippen LogP contribution is 2.23. The first-order valence-corrected chi connectivity index (χ1v) is 4.44. The normalized spacial score (nSPS) is 14.5.